The van der Waals surface area contributed by atoms with E-state index in [1.807, 2.05) is 41.3 Å². The minimum Gasteiger partial charge on any atom is -0.338 e. The second-order valence-electron chi connectivity index (χ2n) is 7.86. The number of carbonyl (C=O) groups is 1. The molecule has 27 heavy (non-hydrogen) atoms. The molecule has 3 nitrogen and oxygen atoms in total. The van der Waals surface area contributed by atoms with E-state index >= 15 is 0 Å². The second-order valence-corrected chi connectivity index (χ2v) is 7.86. The molecule has 1 amide bonds. The van der Waals surface area contributed by atoms with Crippen molar-refractivity contribution in [2.45, 2.75) is 25.2 Å². The Balaban J connectivity index is 1.55. The van der Waals surface area contributed by atoms with Gasteiger partial charge in [0.25, 0.3) is 5.91 Å². The van der Waals surface area contributed by atoms with Crippen LogP contribution in [-0.4, -0.2) is 48.4 Å². The summed E-state index contributed by atoms with van der Waals surface area (Å²) in [6, 6.07) is 16.4. The Morgan fingerprint density at radius 2 is 1.74 bits per heavy atom. The molecule has 0 unspecified atom stereocenters. The van der Waals surface area contributed by atoms with Crippen LogP contribution >= 0.6 is 0 Å². The van der Waals surface area contributed by atoms with Gasteiger partial charge in [0.15, 0.2) is 0 Å². The van der Waals surface area contributed by atoms with Crippen molar-refractivity contribution in [1.82, 2.24) is 9.80 Å². The monoisotopic (exact) mass is 366 g/mol. The fraction of sp³-hybridized carbons (Fsp3) is 0.435. The van der Waals surface area contributed by atoms with Gasteiger partial charge in [-0.15, -0.1) is 0 Å². The SMILES string of the molecule is O=C(c1ccccc1)N1C[C@@H](CN2CCCCC2)[C@@H](c2cccc(F)c2)C1. The summed E-state index contributed by atoms with van der Waals surface area (Å²) in [5.74, 6) is 0.419. The number of carbonyl (C=O) groups excluding carboxylic acids is 1. The van der Waals surface area contributed by atoms with E-state index in [-0.39, 0.29) is 17.6 Å². The quantitative estimate of drug-likeness (QED) is 0.811. The van der Waals surface area contributed by atoms with Gasteiger partial charge in [-0.1, -0.05) is 36.8 Å². The molecule has 0 N–H and O–H groups in total. The molecule has 0 spiro atoms. The van der Waals surface area contributed by atoms with Crippen molar-refractivity contribution >= 4 is 5.91 Å². The van der Waals surface area contributed by atoms with Crippen molar-refractivity contribution in [3.8, 4) is 0 Å². The molecular weight excluding hydrogens is 339 g/mol. The number of halogens is 1. The summed E-state index contributed by atoms with van der Waals surface area (Å²) in [5, 5.41) is 0. The van der Waals surface area contributed by atoms with E-state index in [2.05, 4.69) is 4.90 Å². The number of nitrogens with zero attached hydrogens (tertiary/aromatic N) is 2. The van der Waals surface area contributed by atoms with E-state index in [1.54, 1.807) is 12.1 Å². The molecule has 0 aromatic heterocycles. The van der Waals surface area contributed by atoms with Crippen LogP contribution in [0.3, 0.4) is 0 Å². The number of amides is 1. The fourth-order valence-corrected chi connectivity index (χ4v) is 4.57. The van der Waals surface area contributed by atoms with Crippen LogP contribution in [0.25, 0.3) is 0 Å². The lowest BCUT2D eigenvalue weighted by molar-refractivity contribution is 0.0782. The average molecular weight is 366 g/mol. The first-order chi connectivity index (χ1) is 13.2. The zero-order valence-corrected chi connectivity index (χ0v) is 15.7. The molecule has 2 atom stereocenters. The van der Waals surface area contributed by atoms with Gasteiger partial charge in [-0.3, -0.25) is 4.79 Å². The predicted octanol–water partition coefficient (Wildman–Crippen LogP) is 4.17. The molecule has 2 heterocycles. The first-order valence-electron chi connectivity index (χ1n) is 10.0. The zero-order valence-electron chi connectivity index (χ0n) is 15.7. The summed E-state index contributed by atoms with van der Waals surface area (Å²) in [5.41, 5.74) is 1.74. The summed E-state index contributed by atoms with van der Waals surface area (Å²) in [4.78, 5) is 17.4. The molecule has 4 rings (SSSR count). The summed E-state index contributed by atoms with van der Waals surface area (Å²) in [7, 11) is 0. The minimum atomic E-state index is -0.197. The highest BCUT2D eigenvalue weighted by molar-refractivity contribution is 5.94. The molecule has 2 fully saturated rings. The van der Waals surface area contributed by atoms with Gasteiger partial charge in [-0.2, -0.15) is 0 Å². The number of piperidine rings is 1. The van der Waals surface area contributed by atoms with Crippen LogP contribution in [0.1, 0.15) is 41.1 Å². The number of rotatable bonds is 4. The van der Waals surface area contributed by atoms with E-state index < -0.39 is 0 Å². The summed E-state index contributed by atoms with van der Waals surface area (Å²) < 4.78 is 13.8. The Morgan fingerprint density at radius 3 is 2.48 bits per heavy atom. The lowest BCUT2D eigenvalue weighted by Crippen LogP contribution is -2.36. The molecular formula is C23H27FN2O. The molecule has 0 radical (unpaired) electrons. The highest BCUT2D eigenvalue weighted by atomic mass is 19.1. The predicted molar refractivity (Wildman–Crippen MR) is 105 cm³/mol. The fourth-order valence-electron chi connectivity index (χ4n) is 4.57. The van der Waals surface area contributed by atoms with Crippen molar-refractivity contribution in [1.29, 1.82) is 0 Å². The summed E-state index contributed by atoms with van der Waals surface area (Å²) >= 11 is 0. The Bertz CT molecular complexity index is 773. The Kier molecular flexibility index (Phi) is 5.53. The Labute approximate surface area is 160 Å². The maximum atomic E-state index is 13.8. The van der Waals surface area contributed by atoms with Crippen LogP contribution < -0.4 is 0 Å². The van der Waals surface area contributed by atoms with Crippen LogP contribution in [0.5, 0.6) is 0 Å². The second kappa shape index (κ2) is 8.22. The summed E-state index contributed by atoms with van der Waals surface area (Å²) in [6.07, 6.45) is 3.82. The third-order valence-corrected chi connectivity index (χ3v) is 5.97. The topological polar surface area (TPSA) is 23.6 Å². The van der Waals surface area contributed by atoms with Crippen molar-refractivity contribution in [2.24, 2.45) is 5.92 Å². The molecule has 0 aliphatic carbocycles. The van der Waals surface area contributed by atoms with E-state index in [9.17, 15) is 9.18 Å². The Morgan fingerprint density at radius 1 is 0.963 bits per heavy atom. The average Bonchev–Trinajstić information content (AvgIpc) is 3.12. The van der Waals surface area contributed by atoms with Crippen LogP contribution in [-0.2, 0) is 0 Å². The number of hydrogen-bond acceptors (Lipinski definition) is 2. The van der Waals surface area contributed by atoms with Gasteiger partial charge in [0.1, 0.15) is 5.82 Å². The first-order valence-corrected chi connectivity index (χ1v) is 10.0. The minimum absolute atomic E-state index is 0.0816. The Hall–Kier alpha value is -2.20. The standard InChI is InChI=1S/C23H27FN2O/c24-21-11-7-10-19(14-21)22-17-26(23(27)18-8-3-1-4-9-18)16-20(22)15-25-12-5-2-6-13-25/h1,3-4,7-11,14,20,22H,2,5-6,12-13,15-17H2/t20-,22-/m1/s1. The van der Waals surface area contributed by atoms with E-state index in [0.29, 0.717) is 12.5 Å². The summed E-state index contributed by atoms with van der Waals surface area (Å²) in [6.45, 7) is 4.67. The number of likely N-dealkylation sites (tertiary alicyclic amines) is 2. The molecule has 2 aromatic rings. The normalized spacial score (nSPS) is 23.5. The molecule has 2 aliphatic rings. The third kappa shape index (κ3) is 4.22. The van der Waals surface area contributed by atoms with E-state index in [4.69, 9.17) is 0 Å². The van der Waals surface area contributed by atoms with Crippen molar-refractivity contribution in [3.05, 3.63) is 71.5 Å². The highest BCUT2D eigenvalue weighted by Gasteiger charge is 2.37. The van der Waals surface area contributed by atoms with Crippen LogP contribution in [0.2, 0.25) is 0 Å². The molecule has 4 heteroatoms. The van der Waals surface area contributed by atoms with Gasteiger partial charge in [0.05, 0.1) is 0 Å². The molecule has 0 bridgehead atoms. The highest BCUT2D eigenvalue weighted by Crippen LogP contribution is 2.35. The van der Waals surface area contributed by atoms with Gasteiger partial charge in [-0.25, -0.2) is 4.39 Å². The lowest BCUT2D eigenvalue weighted by Gasteiger charge is -2.31. The van der Waals surface area contributed by atoms with Crippen molar-refractivity contribution in [2.75, 3.05) is 32.7 Å². The van der Waals surface area contributed by atoms with Crippen LogP contribution in [0.4, 0.5) is 4.39 Å². The van der Waals surface area contributed by atoms with Crippen molar-refractivity contribution < 1.29 is 9.18 Å². The smallest absolute Gasteiger partial charge is 0.253 e. The van der Waals surface area contributed by atoms with Gasteiger partial charge in [0, 0.05) is 31.1 Å². The zero-order chi connectivity index (χ0) is 18.6. The number of benzene rings is 2. The maximum absolute atomic E-state index is 13.8. The molecule has 2 saturated heterocycles. The first kappa shape index (κ1) is 18.2. The number of hydrogen-bond donors (Lipinski definition) is 0. The molecule has 0 saturated carbocycles. The van der Waals surface area contributed by atoms with Gasteiger partial charge in [0.2, 0.25) is 0 Å². The van der Waals surface area contributed by atoms with Gasteiger partial charge in [-0.05, 0) is 61.7 Å². The molecule has 2 aliphatic heterocycles. The van der Waals surface area contributed by atoms with Crippen LogP contribution in [0, 0.1) is 11.7 Å². The van der Waals surface area contributed by atoms with E-state index in [1.165, 1.54) is 25.3 Å². The molecule has 142 valence electrons. The van der Waals surface area contributed by atoms with Crippen molar-refractivity contribution in [3.63, 3.8) is 0 Å². The van der Waals surface area contributed by atoms with Gasteiger partial charge < -0.3 is 9.80 Å². The maximum Gasteiger partial charge on any atom is 0.253 e. The van der Waals surface area contributed by atoms with E-state index in [0.717, 1.165) is 37.3 Å². The third-order valence-electron chi connectivity index (χ3n) is 5.97. The largest absolute Gasteiger partial charge is 0.338 e. The lowest BCUT2D eigenvalue weighted by atomic mass is 9.88. The van der Waals surface area contributed by atoms with Gasteiger partial charge >= 0.3 is 0 Å². The molecule has 2 aromatic carbocycles. The van der Waals surface area contributed by atoms with Crippen LogP contribution in [0.15, 0.2) is 54.6 Å².